The number of hydrogen-bond acceptors (Lipinski definition) is 13. The molecule has 0 aliphatic carbocycles. The first-order valence-corrected chi connectivity index (χ1v) is 19.8. The van der Waals surface area contributed by atoms with E-state index in [1.807, 2.05) is 62.4 Å². The zero-order valence-electron chi connectivity index (χ0n) is 32.3. The van der Waals surface area contributed by atoms with E-state index in [0.29, 0.717) is 58.5 Å². The largest absolute Gasteiger partial charge is 0.494 e. The molecular weight excluding hydrogens is 795 g/mol. The molecule has 13 nitrogen and oxygen atoms in total. The monoisotopic (exact) mass is 844 g/mol. The summed E-state index contributed by atoms with van der Waals surface area (Å²) in [7, 11) is 1.29. The highest BCUT2D eigenvalue weighted by Gasteiger charge is 2.60. The molecule has 1 unspecified atom stereocenters. The van der Waals surface area contributed by atoms with Crippen LogP contribution in [0.4, 0.5) is 0 Å². The third-order valence-corrected chi connectivity index (χ3v) is 11.4. The minimum Gasteiger partial charge on any atom is -0.494 e. The number of rotatable bonds is 16. The molecule has 2 heterocycles. The number of ether oxygens (including phenoxy) is 6. The lowest BCUT2D eigenvalue weighted by Crippen LogP contribution is -2.65. The van der Waals surface area contributed by atoms with Crippen LogP contribution < -0.4 is 9.47 Å². The molecule has 0 aromatic heterocycles. The molecule has 0 saturated carbocycles. The van der Waals surface area contributed by atoms with E-state index >= 15 is 0 Å². The Morgan fingerprint density at radius 3 is 1.60 bits per heavy atom. The van der Waals surface area contributed by atoms with E-state index in [1.165, 1.54) is 13.2 Å². The molecule has 15 heteroatoms. The van der Waals surface area contributed by atoms with E-state index in [1.54, 1.807) is 30.3 Å². The lowest BCUT2D eigenvalue weighted by molar-refractivity contribution is -0.378. The molecule has 2 saturated heterocycles. The first-order chi connectivity index (χ1) is 27.8. The van der Waals surface area contributed by atoms with Crippen LogP contribution in [0.5, 0.6) is 11.5 Å². The molecule has 0 spiro atoms. The predicted octanol–water partition coefficient (Wildman–Crippen LogP) is 3.60. The maximum absolute atomic E-state index is 11.6. The van der Waals surface area contributed by atoms with Gasteiger partial charge in [0.25, 0.3) is 0 Å². The second-order valence-electron chi connectivity index (χ2n) is 14.3. The Labute approximate surface area is 346 Å². The van der Waals surface area contributed by atoms with Gasteiger partial charge in [-0.15, -0.1) is 0 Å². The van der Waals surface area contributed by atoms with Gasteiger partial charge >= 0.3 is 0 Å². The van der Waals surface area contributed by atoms with Crippen molar-refractivity contribution in [2.75, 3.05) is 33.5 Å². The maximum atomic E-state index is 11.6. The number of benzene rings is 4. The van der Waals surface area contributed by atoms with Crippen molar-refractivity contribution in [3.63, 3.8) is 0 Å². The van der Waals surface area contributed by atoms with Gasteiger partial charge in [-0.25, -0.2) is 0 Å². The molecule has 0 amide bonds. The van der Waals surface area contributed by atoms with E-state index in [2.05, 4.69) is 0 Å². The lowest BCUT2D eigenvalue weighted by atomic mass is 9.86. The fourth-order valence-corrected chi connectivity index (χ4v) is 7.87. The van der Waals surface area contributed by atoms with E-state index in [4.69, 9.17) is 51.6 Å². The normalized spacial score (nSPS) is 29.0. The van der Waals surface area contributed by atoms with Gasteiger partial charge in [0.2, 0.25) is 11.6 Å². The molecule has 2 fully saturated rings. The smallest absolute Gasteiger partial charge is 0.225 e. The van der Waals surface area contributed by atoms with Crippen molar-refractivity contribution in [1.29, 1.82) is 0 Å². The molecule has 10 atom stereocenters. The van der Waals surface area contributed by atoms with E-state index in [9.17, 15) is 35.7 Å². The van der Waals surface area contributed by atoms with Crippen molar-refractivity contribution in [1.82, 2.24) is 0 Å². The van der Waals surface area contributed by atoms with Crippen LogP contribution in [0, 0.1) is 0 Å². The van der Waals surface area contributed by atoms with E-state index < -0.39 is 73.6 Å². The van der Waals surface area contributed by atoms with Crippen molar-refractivity contribution in [3.8, 4) is 11.5 Å². The summed E-state index contributed by atoms with van der Waals surface area (Å²) in [5.74, 6) is -2.83. The van der Waals surface area contributed by atoms with Gasteiger partial charge in [0.1, 0.15) is 60.3 Å². The molecule has 2 aliphatic rings. The van der Waals surface area contributed by atoms with Crippen molar-refractivity contribution < 1.29 is 64.2 Å². The van der Waals surface area contributed by atoms with Crippen molar-refractivity contribution in [2.24, 2.45) is 0 Å². The Morgan fingerprint density at radius 2 is 1.14 bits per heavy atom. The second-order valence-corrected chi connectivity index (χ2v) is 15.1. The van der Waals surface area contributed by atoms with Gasteiger partial charge in [0.15, 0.2) is 0 Å². The summed E-state index contributed by atoms with van der Waals surface area (Å²) in [5, 5.41) is 78.6. The molecular formula is C43H50Cl2O13. The molecule has 4 aromatic rings. The fraction of sp³-hybridized carbons (Fsp3) is 0.442. The minimum atomic E-state index is -2.29. The van der Waals surface area contributed by atoms with Gasteiger partial charge in [-0.1, -0.05) is 59.6 Å². The summed E-state index contributed by atoms with van der Waals surface area (Å²) >= 11 is 13.2. The number of hydrogen-bond donors (Lipinski definition) is 7. The van der Waals surface area contributed by atoms with Crippen molar-refractivity contribution >= 4 is 23.2 Å². The summed E-state index contributed by atoms with van der Waals surface area (Å²) in [6.07, 6.45) is -12.9. The average Bonchev–Trinajstić information content (AvgIpc) is 3.49. The van der Waals surface area contributed by atoms with E-state index in [0.717, 1.165) is 16.9 Å². The number of aliphatic hydroxyl groups is 7. The zero-order chi connectivity index (χ0) is 41.8. The highest BCUT2D eigenvalue weighted by Crippen LogP contribution is 2.45. The van der Waals surface area contributed by atoms with Crippen LogP contribution in [0.25, 0.3) is 0 Å². The molecule has 0 bridgehead atoms. The third-order valence-electron chi connectivity index (χ3n) is 10.6. The molecule has 6 rings (SSSR count). The molecule has 2 aliphatic heterocycles. The molecule has 7 N–H and O–H groups in total. The summed E-state index contributed by atoms with van der Waals surface area (Å²) < 4.78 is 35.3. The van der Waals surface area contributed by atoms with Gasteiger partial charge in [-0.2, -0.15) is 0 Å². The minimum absolute atomic E-state index is 0.141. The quantitative estimate of drug-likeness (QED) is 0.0866. The van der Waals surface area contributed by atoms with Crippen LogP contribution in [0.2, 0.25) is 10.0 Å². The van der Waals surface area contributed by atoms with Gasteiger partial charge in [0.05, 0.1) is 26.4 Å². The van der Waals surface area contributed by atoms with Crippen LogP contribution in [0.3, 0.4) is 0 Å². The van der Waals surface area contributed by atoms with Gasteiger partial charge in [0, 0.05) is 28.3 Å². The molecule has 58 heavy (non-hydrogen) atoms. The summed E-state index contributed by atoms with van der Waals surface area (Å²) in [4.78, 5) is 0. The highest BCUT2D eigenvalue weighted by molar-refractivity contribution is 6.31. The van der Waals surface area contributed by atoms with Crippen LogP contribution in [-0.4, -0.2) is 118 Å². The van der Waals surface area contributed by atoms with Gasteiger partial charge in [-0.3, -0.25) is 0 Å². The number of halogens is 2. The highest BCUT2D eigenvalue weighted by atomic mass is 35.5. The third kappa shape index (κ3) is 8.89. The SMILES string of the molecule is CCOc1ccc(Cc2cc([C@]3(OC[C@@H](O)C4O[C@@](OC)(c5ccc(Cl)c(Cc6ccc(OCC)cc6)c5)[C@H](O)[C@H]4O)O[C@H](CO)[C@@H](O)[C@H](O)[C@H]3O)ccc2Cl)cc1. The zero-order valence-corrected chi connectivity index (χ0v) is 33.8. The standard InChI is InChI=1S/C43H50Cl2O13/c1-4-54-30-12-6-24(7-13-30)18-26-20-28(10-16-32(26)44)42(53-3)41(52)38(50)39(58-42)34(47)23-56-43(40(51)37(49)36(48)35(22-46)57-43)29-11-17-33(45)27(21-29)19-25-8-14-31(15-9-25)55-5-2/h6-17,20-21,34-41,46-52H,4-5,18-19,22-23H2,1-3H3/t34-,35-,36-,37+,38+,39?,40-,41-,42+,43+/m1/s1. The summed E-state index contributed by atoms with van der Waals surface area (Å²) in [5.41, 5.74) is 3.51. The number of aliphatic hydroxyl groups excluding tert-OH is 7. The Kier molecular flexibility index (Phi) is 14.4. The molecule has 4 aromatic carbocycles. The second kappa shape index (κ2) is 18.9. The maximum Gasteiger partial charge on any atom is 0.225 e. The summed E-state index contributed by atoms with van der Waals surface area (Å²) in [6.45, 7) is 3.35. The Morgan fingerprint density at radius 1 is 0.655 bits per heavy atom. The van der Waals surface area contributed by atoms with Gasteiger partial charge < -0.3 is 64.2 Å². The predicted molar refractivity (Wildman–Crippen MR) is 213 cm³/mol. The Balaban J connectivity index is 1.26. The molecule has 314 valence electrons. The first kappa shape index (κ1) is 44.2. The van der Waals surface area contributed by atoms with Gasteiger partial charge in [-0.05, 0) is 97.5 Å². The molecule has 0 radical (unpaired) electrons. The first-order valence-electron chi connectivity index (χ1n) is 19.1. The van der Waals surface area contributed by atoms with Crippen molar-refractivity contribution in [3.05, 3.63) is 128 Å². The van der Waals surface area contributed by atoms with E-state index in [-0.39, 0.29) is 5.56 Å². The van der Waals surface area contributed by atoms with Crippen molar-refractivity contribution in [2.45, 2.75) is 87.1 Å². The van der Waals surface area contributed by atoms with Crippen LogP contribution in [-0.2, 0) is 43.4 Å². The van der Waals surface area contributed by atoms with Crippen LogP contribution >= 0.6 is 23.2 Å². The van der Waals surface area contributed by atoms with Crippen LogP contribution in [0.15, 0.2) is 84.9 Å². The Hall–Kier alpha value is -3.38. The average molecular weight is 846 g/mol. The summed E-state index contributed by atoms with van der Waals surface area (Å²) in [6, 6.07) is 24.5. The van der Waals surface area contributed by atoms with Crippen LogP contribution in [0.1, 0.15) is 47.2 Å². The number of methoxy groups -OCH3 is 1. The lowest BCUT2D eigenvalue weighted by Gasteiger charge is -2.48. The topological polar surface area (TPSA) is 197 Å². The fourth-order valence-electron chi connectivity index (χ4n) is 7.50. The Bertz CT molecular complexity index is 1970.